The fourth-order valence-corrected chi connectivity index (χ4v) is 3.33. The average Bonchev–Trinajstić information content (AvgIpc) is 2.64. The zero-order valence-electron chi connectivity index (χ0n) is 13.7. The Bertz CT molecular complexity index is 465. The summed E-state index contributed by atoms with van der Waals surface area (Å²) >= 11 is 0. The fourth-order valence-electron chi connectivity index (χ4n) is 3.33. The molecule has 2 nitrogen and oxygen atoms in total. The van der Waals surface area contributed by atoms with Gasteiger partial charge in [-0.1, -0.05) is 26.8 Å². The lowest BCUT2D eigenvalue weighted by Crippen LogP contribution is -2.26. The number of hydrogen-bond acceptors (Lipinski definition) is 2. The van der Waals surface area contributed by atoms with E-state index in [-0.39, 0.29) is 5.82 Å². The molecule has 1 aromatic rings. The van der Waals surface area contributed by atoms with Crippen LogP contribution >= 0.6 is 0 Å². The molecule has 1 aliphatic heterocycles. The third kappa shape index (κ3) is 4.19. The Morgan fingerprint density at radius 3 is 2.62 bits per heavy atom. The van der Waals surface area contributed by atoms with Crippen LogP contribution in [0.1, 0.15) is 45.6 Å². The maximum Gasteiger partial charge on any atom is 0.146 e. The van der Waals surface area contributed by atoms with Gasteiger partial charge >= 0.3 is 0 Å². The van der Waals surface area contributed by atoms with Crippen molar-refractivity contribution in [3.05, 3.63) is 29.6 Å². The molecule has 2 N–H and O–H groups in total. The minimum Gasteiger partial charge on any atom is -0.369 e. The number of nitrogens with zero attached hydrogens (tertiary/aromatic N) is 1. The van der Waals surface area contributed by atoms with Crippen LogP contribution in [0, 0.1) is 17.2 Å². The first-order chi connectivity index (χ1) is 9.91. The van der Waals surface area contributed by atoms with E-state index in [4.69, 9.17) is 5.73 Å². The van der Waals surface area contributed by atoms with Crippen LogP contribution in [-0.2, 0) is 6.42 Å². The summed E-state index contributed by atoms with van der Waals surface area (Å²) in [6, 6.07) is 5.59. The van der Waals surface area contributed by atoms with Gasteiger partial charge in [-0.3, -0.25) is 0 Å². The van der Waals surface area contributed by atoms with Crippen molar-refractivity contribution in [2.24, 2.45) is 17.1 Å². The molecule has 0 saturated carbocycles. The van der Waals surface area contributed by atoms with Crippen LogP contribution in [0.2, 0.25) is 0 Å². The highest BCUT2D eigenvalue weighted by atomic mass is 19.1. The lowest BCUT2D eigenvalue weighted by Gasteiger charge is -2.30. The minimum absolute atomic E-state index is 0.102. The van der Waals surface area contributed by atoms with Gasteiger partial charge in [-0.2, -0.15) is 0 Å². The lowest BCUT2D eigenvalue weighted by molar-refractivity contribution is 0.220. The number of anilines is 1. The second kappa shape index (κ2) is 6.78. The van der Waals surface area contributed by atoms with Gasteiger partial charge in [0.1, 0.15) is 5.82 Å². The highest BCUT2D eigenvalue weighted by Crippen LogP contribution is 2.35. The average molecular weight is 292 g/mol. The van der Waals surface area contributed by atoms with Gasteiger partial charge in [0, 0.05) is 13.1 Å². The smallest absolute Gasteiger partial charge is 0.146 e. The van der Waals surface area contributed by atoms with E-state index in [0.29, 0.717) is 12.0 Å². The summed E-state index contributed by atoms with van der Waals surface area (Å²) in [5.41, 5.74) is 7.62. The van der Waals surface area contributed by atoms with Crippen LogP contribution in [-0.4, -0.2) is 19.6 Å². The molecule has 0 spiro atoms. The minimum atomic E-state index is -0.102. The molecular weight excluding hydrogens is 263 g/mol. The second-order valence-electron chi connectivity index (χ2n) is 7.31. The van der Waals surface area contributed by atoms with Crippen molar-refractivity contribution in [2.75, 3.05) is 24.5 Å². The first-order valence-electron chi connectivity index (χ1n) is 8.15. The van der Waals surface area contributed by atoms with E-state index in [1.807, 2.05) is 12.1 Å². The summed E-state index contributed by atoms with van der Waals surface area (Å²) in [5.74, 6) is 0.622. The molecule has 1 heterocycles. The van der Waals surface area contributed by atoms with E-state index in [0.717, 1.165) is 49.5 Å². The van der Waals surface area contributed by atoms with Crippen molar-refractivity contribution in [1.82, 2.24) is 0 Å². The topological polar surface area (TPSA) is 29.3 Å². The van der Waals surface area contributed by atoms with Crippen LogP contribution in [0.4, 0.5) is 10.1 Å². The molecule has 0 aliphatic carbocycles. The normalized spacial score (nSPS) is 20.4. The van der Waals surface area contributed by atoms with Crippen LogP contribution in [0.25, 0.3) is 0 Å². The highest BCUT2D eigenvalue weighted by Gasteiger charge is 2.27. The summed E-state index contributed by atoms with van der Waals surface area (Å²) in [7, 11) is 0. The summed E-state index contributed by atoms with van der Waals surface area (Å²) in [6.45, 7) is 9.42. The zero-order valence-corrected chi connectivity index (χ0v) is 13.7. The van der Waals surface area contributed by atoms with Gasteiger partial charge in [0.15, 0.2) is 0 Å². The first-order valence-corrected chi connectivity index (χ1v) is 8.15. The molecule has 0 amide bonds. The molecule has 1 fully saturated rings. The van der Waals surface area contributed by atoms with Gasteiger partial charge in [-0.15, -0.1) is 0 Å². The van der Waals surface area contributed by atoms with Gasteiger partial charge in [-0.25, -0.2) is 4.39 Å². The number of nitrogens with two attached hydrogens (primary N) is 1. The maximum atomic E-state index is 14.3. The monoisotopic (exact) mass is 292 g/mol. The van der Waals surface area contributed by atoms with Crippen LogP contribution in [0.3, 0.4) is 0 Å². The third-order valence-corrected chi connectivity index (χ3v) is 4.74. The standard InChI is InChI=1S/C18H29FN2/c1-18(2,3)15-5-4-11-21(12-9-15)17-7-6-14(8-10-20)13-16(17)19/h6-7,13,15H,4-5,8-12,20H2,1-3H3. The molecule has 118 valence electrons. The van der Waals surface area contributed by atoms with Gasteiger partial charge in [0.05, 0.1) is 5.69 Å². The Morgan fingerprint density at radius 2 is 2.00 bits per heavy atom. The van der Waals surface area contributed by atoms with E-state index in [9.17, 15) is 4.39 Å². The van der Waals surface area contributed by atoms with E-state index in [2.05, 4.69) is 25.7 Å². The fraction of sp³-hybridized carbons (Fsp3) is 0.667. The summed E-state index contributed by atoms with van der Waals surface area (Å²) in [4.78, 5) is 2.22. The molecule has 1 saturated heterocycles. The Balaban J connectivity index is 2.09. The quantitative estimate of drug-likeness (QED) is 0.913. The van der Waals surface area contributed by atoms with Crippen LogP contribution in [0.15, 0.2) is 18.2 Å². The molecular formula is C18H29FN2. The summed E-state index contributed by atoms with van der Waals surface area (Å²) in [5, 5.41) is 0. The van der Waals surface area contributed by atoms with Crippen molar-refractivity contribution >= 4 is 5.69 Å². The van der Waals surface area contributed by atoms with Crippen LogP contribution < -0.4 is 10.6 Å². The Labute approximate surface area is 128 Å². The van der Waals surface area contributed by atoms with Crippen LogP contribution in [0.5, 0.6) is 0 Å². The molecule has 0 bridgehead atoms. The molecule has 0 radical (unpaired) electrons. The molecule has 2 rings (SSSR count). The predicted molar refractivity (Wildman–Crippen MR) is 88.2 cm³/mol. The molecule has 1 aliphatic rings. The van der Waals surface area contributed by atoms with Gasteiger partial charge in [-0.05, 0) is 61.3 Å². The lowest BCUT2D eigenvalue weighted by atomic mass is 9.77. The van der Waals surface area contributed by atoms with Gasteiger partial charge < -0.3 is 10.6 Å². The molecule has 1 atom stereocenters. The number of hydrogen-bond donors (Lipinski definition) is 1. The maximum absolute atomic E-state index is 14.3. The van der Waals surface area contributed by atoms with E-state index >= 15 is 0 Å². The van der Waals surface area contributed by atoms with Gasteiger partial charge in [0.25, 0.3) is 0 Å². The number of benzene rings is 1. The van der Waals surface area contributed by atoms with E-state index in [1.165, 1.54) is 6.42 Å². The molecule has 1 unspecified atom stereocenters. The van der Waals surface area contributed by atoms with Crippen molar-refractivity contribution in [1.29, 1.82) is 0 Å². The van der Waals surface area contributed by atoms with Crippen molar-refractivity contribution in [3.8, 4) is 0 Å². The SMILES string of the molecule is CC(C)(C)C1CCCN(c2ccc(CCN)cc2F)CC1. The Kier molecular flexibility index (Phi) is 5.26. The molecule has 3 heteroatoms. The zero-order chi connectivity index (χ0) is 15.5. The predicted octanol–water partition coefficient (Wildman–Crippen LogP) is 3.98. The summed E-state index contributed by atoms with van der Waals surface area (Å²) in [6.07, 6.45) is 4.27. The van der Waals surface area contributed by atoms with Crippen molar-refractivity contribution in [2.45, 2.75) is 46.5 Å². The molecule has 21 heavy (non-hydrogen) atoms. The second-order valence-corrected chi connectivity index (χ2v) is 7.31. The largest absolute Gasteiger partial charge is 0.369 e. The van der Waals surface area contributed by atoms with Crippen molar-refractivity contribution < 1.29 is 4.39 Å². The summed E-state index contributed by atoms with van der Waals surface area (Å²) < 4.78 is 14.3. The molecule has 1 aromatic carbocycles. The van der Waals surface area contributed by atoms with Crippen molar-refractivity contribution in [3.63, 3.8) is 0 Å². The Morgan fingerprint density at radius 1 is 1.24 bits per heavy atom. The Hall–Kier alpha value is -1.09. The highest BCUT2D eigenvalue weighted by molar-refractivity contribution is 5.49. The van der Waals surface area contributed by atoms with E-state index in [1.54, 1.807) is 6.07 Å². The molecule has 0 aromatic heterocycles. The number of halogens is 1. The van der Waals surface area contributed by atoms with E-state index < -0.39 is 0 Å². The first kappa shape index (κ1) is 16.3. The number of rotatable bonds is 3. The van der Waals surface area contributed by atoms with Gasteiger partial charge in [0.2, 0.25) is 0 Å². The third-order valence-electron chi connectivity index (χ3n) is 4.74.